The molecule has 1 aromatic heterocycles. The van der Waals surface area contributed by atoms with E-state index in [0.29, 0.717) is 0 Å². The molecule has 0 radical (unpaired) electrons. The Balaban J connectivity index is 0.986. The summed E-state index contributed by atoms with van der Waals surface area (Å²) < 4.78 is 2.39. The Hall–Kier alpha value is -8.20. The Labute approximate surface area is 360 Å². The Kier molecular flexibility index (Phi) is 8.53. The molecule has 62 heavy (non-hydrogen) atoms. The summed E-state index contributed by atoms with van der Waals surface area (Å²) in [6.07, 6.45) is 0. The van der Waals surface area contributed by atoms with Crippen LogP contribution < -0.4 is 4.90 Å². The minimum Gasteiger partial charge on any atom is -0.310 e. The molecule has 2 heteroatoms. The normalized spacial score (nSPS) is 11.5. The van der Waals surface area contributed by atoms with Crippen LogP contribution in [0.25, 0.3) is 93.2 Å². The molecule has 12 aromatic rings. The van der Waals surface area contributed by atoms with E-state index in [1.165, 1.54) is 81.9 Å². The van der Waals surface area contributed by atoms with Crippen molar-refractivity contribution < 1.29 is 0 Å². The van der Waals surface area contributed by atoms with Gasteiger partial charge in [0.05, 0.1) is 16.7 Å². The Morgan fingerprint density at radius 3 is 1.52 bits per heavy atom. The summed E-state index contributed by atoms with van der Waals surface area (Å²) in [6.45, 7) is 0. The van der Waals surface area contributed by atoms with E-state index in [1.54, 1.807) is 0 Å². The van der Waals surface area contributed by atoms with Gasteiger partial charge in [-0.3, -0.25) is 0 Å². The van der Waals surface area contributed by atoms with Crippen LogP contribution in [0.3, 0.4) is 0 Å². The van der Waals surface area contributed by atoms with Crippen molar-refractivity contribution in [2.75, 3.05) is 4.90 Å². The van der Waals surface area contributed by atoms with Crippen molar-refractivity contribution >= 4 is 71.2 Å². The van der Waals surface area contributed by atoms with Gasteiger partial charge in [0.2, 0.25) is 0 Å². The third-order valence-electron chi connectivity index (χ3n) is 12.6. The van der Waals surface area contributed by atoms with Crippen LogP contribution in [0.15, 0.2) is 243 Å². The van der Waals surface area contributed by atoms with Gasteiger partial charge in [0.1, 0.15) is 0 Å². The Bertz CT molecular complexity index is 3570. The number of para-hydroxylation sites is 3. The van der Waals surface area contributed by atoms with Gasteiger partial charge in [-0.1, -0.05) is 182 Å². The molecule has 0 aliphatic carbocycles. The lowest BCUT2D eigenvalue weighted by molar-refractivity contribution is 1.18. The molecule has 0 atom stereocenters. The number of nitrogens with zero attached hydrogens (tertiary/aromatic N) is 2. The van der Waals surface area contributed by atoms with Crippen molar-refractivity contribution in [2.45, 2.75) is 0 Å². The predicted molar refractivity (Wildman–Crippen MR) is 264 cm³/mol. The van der Waals surface area contributed by atoms with Crippen LogP contribution in [-0.4, -0.2) is 4.57 Å². The number of anilines is 3. The van der Waals surface area contributed by atoms with Gasteiger partial charge in [0, 0.05) is 33.4 Å². The zero-order chi connectivity index (χ0) is 41.0. The average molecular weight is 789 g/mol. The monoisotopic (exact) mass is 788 g/mol. The van der Waals surface area contributed by atoms with E-state index in [2.05, 4.69) is 252 Å². The number of rotatable bonds is 7. The highest BCUT2D eigenvalue weighted by Gasteiger charge is 2.20. The van der Waals surface area contributed by atoms with Crippen LogP contribution in [0.4, 0.5) is 17.1 Å². The molecule has 0 bridgehead atoms. The quantitative estimate of drug-likeness (QED) is 0.146. The molecule has 0 aliphatic heterocycles. The van der Waals surface area contributed by atoms with Gasteiger partial charge in [-0.25, -0.2) is 0 Å². The topological polar surface area (TPSA) is 8.17 Å². The summed E-state index contributed by atoms with van der Waals surface area (Å²) >= 11 is 0. The first-order valence-corrected chi connectivity index (χ1v) is 21.3. The number of hydrogen-bond donors (Lipinski definition) is 0. The molecule has 0 aliphatic rings. The lowest BCUT2D eigenvalue weighted by Crippen LogP contribution is -2.11. The van der Waals surface area contributed by atoms with E-state index in [0.717, 1.165) is 28.3 Å². The molecular formula is C60H40N2. The molecule has 12 rings (SSSR count). The molecule has 290 valence electrons. The standard InChI is InChI=1S/C60H40N2/c1-3-20-49-42(15-1)17-14-27-52(49)54-24-7-10-28-58(54)61(47-37-33-43(34-38-47)57-40-45-16-2-4-21-50(45)51-22-5-6-23-53(51)57)46-35-31-41(32-36-46)44-18-13-19-48(39-44)62-59-29-11-8-25-55(59)56-26-9-12-30-60(56)62/h1-40H. The fourth-order valence-electron chi connectivity index (χ4n) is 9.70. The minimum atomic E-state index is 1.09. The minimum absolute atomic E-state index is 1.09. The van der Waals surface area contributed by atoms with Crippen molar-refractivity contribution in [3.05, 3.63) is 243 Å². The van der Waals surface area contributed by atoms with Gasteiger partial charge in [-0.15, -0.1) is 0 Å². The number of hydrogen-bond acceptors (Lipinski definition) is 1. The number of benzene rings is 11. The lowest BCUT2D eigenvalue weighted by Gasteiger charge is -2.28. The van der Waals surface area contributed by atoms with E-state index in [4.69, 9.17) is 0 Å². The predicted octanol–water partition coefficient (Wildman–Crippen LogP) is 16.7. The second-order valence-corrected chi connectivity index (χ2v) is 16.1. The molecule has 2 nitrogen and oxygen atoms in total. The second-order valence-electron chi connectivity index (χ2n) is 16.1. The fraction of sp³-hybridized carbons (Fsp3) is 0. The molecule has 0 amide bonds. The van der Waals surface area contributed by atoms with E-state index in [9.17, 15) is 0 Å². The lowest BCUT2D eigenvalue weighted by atomic mass is 9.93. The molecule has 11 aromatic carbocycles. The first-order chi connectivity index (χ1) is 30.8. The van der Waals surface area contributed by atoms with Gasteiger partial charge in [0.25, 0.3) is 0 Å². The maximum absolute atomic E-state index is 2.41. The molecule has 0 N–H and O–H groups in total. The molecule has 0 saturated carbocycles. The van der Waals surface area contributed by atoms with Gasteiger partial charge in [0.15, 0.2) is 0 Å². The Morgan fingerprint density at radius 2 is 0.790 bits per heavy atom. The first kappa shape index (κ1) is 35.7. The van der Waals surface area contributed by atoms with Crippen LogP contribution >= 0.6 is 0 Å². The highest BCUT2D eigenvalue weighted by molar-refractivity contribution is 6.14. The summed E-state index contributed by atoms with van der Waals surface area (Å²) in [5.41, 5.74) is 14.0. The van der Waals surface area contributed by atoms with Crippen LogP contribution in [0.5, 0.6) is 0 Å². The van der Waals surface area contributed by atoms with Crippen LogP contribution in [0.2, 0.25) is 0 Å². The second kappa shape index (κ2) is 14.8. The van der Waals surface area contributed by atoms with Gasteiger partial charge >= 0.3 is 0 Å². The van der Waals surface area contributed by atoms with Crippen LogP contribution in [-0.2, 0) is 0 Å². The summed E-state index contributed by atoms with van der Waals surface area (Å²) in [5.74, 6) is 0. The Morgan fingerprint density at radius 1 is 0.274 bits per heavy atom. The average Bonchev–Trinajstić information content (AvgIpc) is 3.69. The molecule has 0 saturated heterocycles. The van der Waals surface area contributed by atoms with Gasteiger partial charge < -0.3 is 9.47 Å². The first-order valence-electron chi connectivity index (χ1n) is 21.3. The van der Waals surface area contributed by atoms with Gasteiger partial charge in [-0.2, -0.15) is 0 Å². The maximum atomic E-state index is 2.41. The molecule has 0 spiro atoms. The zero-order valence-corrected chi connectivity index (χ0v) is 34.0. The van der Waals surface area contributed by atoms with Gasteiger partial charge in [-0.05, 0) is 121 Å². The third kappa shape index (κ3) is 5.96. The fourth-order valence-corrected chi connectivity index (χ4v) is 9.70. The highest BCUT2D eigenvalue weighted by Crippen LogP contribution is 2.44. The SMILES string of the molecule is c1cc(-c2ccc(N(c3ccc(-c4cc5ccccc5c5ccccc45)cc3)c3ccccc3-c3cccc4ccccc34)cc2)cc(-n2c3ccccc3c3ccccc32)c1. The summed E-state index contributed by atoms with van der Waals surface area (Å²) in [5, 5.41) is 10.1. The molecule has 0 fully saturated rings. The van der Waals surface area contributed by atoms with Crippen molar-refractivity contribution in [2.24, 2.45) is 0 Å². The molecule has 1 heterocycles. The number of aromatic nitrogens is 1. The maximum Gasteiger partial charge on any atom is 0.0541 e. The van der Waals surface area contributed by atoms with E-state index < -0.39 is 0 Å². The van der Waals surface area contributed by atoms with Crippen molar-refractivity contribution in [3.63, 3.8) is 0 Å². The van der Waals surface area contributed by atoms with E-state index in [1.807, 2.05) is 0 Å². The third-order valence-corrected chi connectivity index (χ3v) is 12.6. The molecule has 0 unspecified atom stereocenters. The number of fused-ring (bicyclic) bond motifs is 7. The van der Waals surface area contributed by atoms with E-state index >= 15 is 0 Å². The zero-order valence-electron chi connectivity index (χ0n) is 34.0. The van der Waals surface area contributed by atoms with Crippen LogP contribution in [0, 0.1) is 0 Å². The smallest absolute Gasteiger partial charge is 0.0541 e. The molecular weight excluding hydrogens is 749 g/mol. The summed E-state index contributed by atoms with van der Waals surface area (Å²) in [6, 6.07) is 88.5. The van der Waals surface area contributed by atoms with Crippen molar-refractivity contribution in [1.82, 2.24) is 4.57 Å². The van der Waals surface area contributed by atoms with E-state index in [-0.39, 0.29) is 0 Å². The van der Waals surface area contributed by atoms with Crippen molar-refractivity contribution in [3.8, 4) is 39.1 Å². The summed E-state index contributed by atoms with van der Waals surface area (Å²) in [4.78, 5) is 2.41. The van der Waals surface area contributed by atoms with Crippen LogP contribution in [0.1, 0.15) is 0 Å². The summed E-state index contributed by atoms with van der Waals surface area (Å²) in [7, 11) is 0. The largest absolute Gasteiger partial charge is 0.310 e. The van der Waals surface area contributed by atoms with Crippen molar-refractivity contribution in [1.29, 1.82) is 0 Å². The highest BCUT2D eigenvalue weighted by atomic mass is 15.1.